The van der Waals surface area contributed by atoms with E-state index in [0.29, 0.717) is 17.4 Å². The Hall–Kier alpha value is -2.48. The Kier molecular flexibility index (Phi) is 8.01. The van der Waals surface area contributed by atoms with Crippen molar-refractivity contribution in [1.29, 1.82) is 0 Å². The smallest absolute Gasteiger partial charge is 0.428 e. The SMILES string of the molecule is CCCCc1ccc([C@H]2CC[C@H](C#Cc3ccc(OC(F)(F)C(F)F)cc3)CC2)cc1. The molecule has 0 unspecified atom stereocenters. The third kappa shape index (κ3) is 6.75. The number of unbranched alkanes of at least 4 members (excludes halogenated alkanes) is 1. The molecule has 0 bridgehead atoms. The lowest BCUT2D eigenvalue weighted by Crippen LogP contribution is -2.33. The highest BCUT2D eigenvalue weighted by Crippen LogP contribution is 2.35. The lowest BCUT2D eigenvalue weighted by molar-refractivity contribution is -0.253. The molecule has 1 aliphatic rings. The third-order valence-electron chi connectivity index (χ3n) is 5.78. The van der Waals surface area contributed by atoms with E-state index in [0.717, 1.165) is 32.1 Å². The molecule has 1 fully saturated rings. The Balaban J connectivity index is 1.50. The van der Waals surface area contributed by atoms with Crippen molar-refractivity contribution in [1.82, 2.24) is 0 Å². The second-order valence-corrected chi connectivity index (χ2v) is 8.15. The van der Waals surface area contributed by atoms with Crippen LogP contribution in [0.3, 0.4) is 0 Å². The van der Waals surface area contributed by atoms with Crippen molar-refractivity contribution in [3.63, 3.8) is 0 Å². The monoisotopic (exact) mass is 432 g/mol. The van der Waals surface area contributed by atoms with E-state index < -0.39 is 12.5 Å². The van der Waals surface area contributed by atoms with E-state index in [9.17, 15) is 17.6 Å². The van der Waals surface area contributed by atoms with Gasteiger partial charge in [0.15, 0.2) is 0 Å². The van der Waals surface area contributed by atoms with E-state index in [4.69, 9.17) is 0 Å². The summed E-state index contributed by atoms with van der Waals surface area (Å²) in [5.41, 5.74) is 3.46. The van der Waals surface area contributed by atoms with Gasteiger partial charge in [-0.2, -0.15) is 17.6 Å². The summed E-state index contributed by atoms with van der Waals surface area (Å²) in [7, 11) is 0. The molecule has 0 atom stereocenters. The molecule has 0 aromatic heterocycles. The van der Waals surface area contributed by atoms with Crippen molar-refractivity contribution in [2.24, 2.45) is 5.92 Å². The van der Waals surface area contributed by atoms with Gasteiger partial charge in [0.05, 0.1) is 0 Å². The van der Waals surface area contributed by atoms with Crippen LogP contribution in [0.2, 0.25) is 0 Å². The van der Waals surface area contributed by atoms with Crippen LogP contribution in [0.25, 0.3) is 0 Å². The highest BCUT2D eigenvalue weighted by molar-refractivity contribution is 5.39. The predicted octanol–water partition coefficient (Wildman–Crippen LogP) is 7.59. The second-order valence-electron chi connectivity index (χ2n) is 8.15. The van der Waals surface area contributed by atoms with Crippen LogP contribution in [0.4, 0.5) is 17.6 Å². The van der Waals surface area contributed by atoms with Crippen molar-refractivity contribution < 1.29 is 22.3 Å². The molecule has 0 radical (unpaired) electrons. The van der Waals surface area contributed by atoms with Crippen molar-refractivity contribution >= 4 is 0 Å². The lowest BCUT2D eigenvalue weighted by Gasteiger charge is -2.26. The first-order valence-electron chi connectivity index (χ1n) is 10.9. The van der Waals surface area contributed by atoms with Crippen LogP contribution in [-0.2, 0) is 6.42 Å². The first-order valence-corrected chi connectivity index (χ1v) is 10.9. The zero-order chi connectivity index (χ0) is 22.3. The summed E-state index contributed by atoms with van der Waals surface area (Å²) in [6, 6.07) is 14.5. The summed E-state index contributed by atoms with van der Waals surface area (Å²) < 4.78 is 54.4. The zero-order valence-corrected chi connectivity index (χ0v) is 17.7. The Morgan fingerprint density at radius 3 is 2.19 bits per heavy atom. The summed E-state index contributed by atoms with van der Waals surface area (Å²) in [5.74, 6) is 6.91. The van der Waals surface area contributed by atoms with Crippen molar-refractivity contribution in [3.8, 4) is 17.6 Å². The van der Waals surface area contributed by atoms with Crippen LogP contribution in [0.5, 0.6) is 5.75 Å². The second kappa shape index (κ2) is 10.7. The van der Waals surface area contributed by atoms with E-state index in [-0.39, 0.29) is 5.75 Å². The van der Waals surface area contributed by atoms with Gasteiger partial charge in [-0.3, -0.25) is 0 Å². The van der Waals surface area contributed by atoms with E-state index in [1.807, 2.05) is 0 Å². The number of ether oxygens (including phenoxy) is 1. The maximum Gasteiger partial charge on any atom is 0.461 e. The Morgan fingerprint density at radius 1 is 0.968 bits per heavy atom. The number of hydrogen-bond acceptors (Lipinski definition) is 1. The van der Waals surface area contributed by atoms with Gasteiger partial charge in [-0.1, -0.05) is 49.5 Å². The molecule has 0 saturated heterocycles. The van der Waals surface area contributed by atoms with Gasteiger partial charge in [0.2, 0.25) is 0 Å². The van der Waals surface area contributed by atoms with Gasteiger partial charge in [0.1, 0.15) is 5.75 Å². The van der Waals surface area contributed by atoms with Gasteiger partial charge >= 0.3 is 12.5 Å². The fourth-order valence-corrected chi connectivity index (χ4v) is 3.90. The molecule has 1 aliphatic carbocycles. The molecule has 1 nitrogen and oxygen atoms in total. The maximum absolute atomic E-state index is 12.9. The molecule has 0 N–H and O–H groups in total. The van der Waals surface area contributed by atoms with Crippen LogP contribution in [-0.4, -0.2) is 12.5 Å². The van der Waals surface area contributed by atoms with Crippen molar-refractivity contribution in [2.45, 2.75) is 70.3 Å². The van der Waals surface area contributed by atoms with Gasteiger partial charge in [0.25, 0.3) is 0 Å². The minimum Gasteiger partial charge on any atom is -0.428 e. The molecule has 2 aromatic carbocycles. The number of halogens is 4. The highest BCUT2D eigenvalue weighted by Gasteiger charge is 2.43. The number of hydrogen-bond donors (Lipinski definition) is 0. The van der Waals surface area contributed by atoms with Gasteiger partial charge in [-0.25, -0.2) is 0 Å². The molecule has 166 valence electrons. The number of benzene rings is 2. The lowest BCUT2D eigenvalue weighted by atomic mass is 9.78. The quantitative estimate of drug-likeness (QED) is 0.323. The van der Waals surface area contributed by atoms with E-state index >= 15 is 0 Å². The summed E-state index contributed by atoms with van der Waals surface area (Å²) in [4.78, 5) is 0. The van der Waals surface area contributed by atoms with E-state index in [2.05, 4.69) is 47.8 Å². The van der Waals surface area contributed by atoms with E-state index in [1.165, 1.54) is 48.2 Å². The standard InChI is InChI=1S/C26H28F4O/c1-2-3-4-19-7-13-22(14-8-19)23-15-9-20(10-16-23)5-6-21-11-17-24(18-12-21)31-26(29,30)25(27)28/h7-8,11-14,17-18,20,23,25H,2-4,9-10,15-16H2,1H3/t20-,23-. The summed E-state index contributed by atoms with van der Waals surface area (Å²) in [6.45, 7) is 2.21. The van der Waals surface area contributed by atoms with E-state index in [1.54, 1.807) is 0 Å². The fraction of sp³-hybridized carbons (Fsp3) is 0.462. The van der Waals surface area contributed by atoms with Crippen LogP contribution < -0.4 is 4.74 Å². The van der Waals surface area contributed by atoms with Gasteiger partial charge in [0, 0.05) is 11.5 Å². The minimum absolute atomic E-state index is 0.305. The average molecular weight is 433 g/mol. The number of aryl methyl sites for hydroxylation is 1. The molecule has 0 spiro atoms. The molecule has 5 heteroatoms. The first-order chi connectivity index (χ1) is 14.9. The van der Waals surface area contributed by atoms with Crippen LogP contribution in [0.1, 0.15) is 68.1 Å². The average Bonchev–Trinajstić information content (AvgIpc) is 2.78. The molecule has 0 heterocycles. The molecule has 31 heavy (non-hydrogen) atoms. The zero-order valence-electron chi connectivity index (χ0n) is 17.7. The molecule has 3 rings (SSSR count). The van der Waals surface area contributed by atoms with Crippen molar-refractivity contribution in [2.75, 3.05) is 0 Å². The number of alkyl halides is 4. The molecule has 0 amide bonds. The summed E-state index contributed by atoms with van der Waals surface area (Å²) in [5, 5.41) is 0. The fourth-order valence-electron chi connectivity index (χ4n) is 3.90. The summed E-state index contributed by atoms with van der Waals surface area (Å²) in [6.07, 6.45) is -0.551. The highest BCUT2D eigenvalue weighted by atomic mass is 19.3. The summed E-state index contributed by atoms with van der Waals surface area (Å²) >= 11 is 0. The molecule has 0 aliphatic heterocycles. The normalized spacial score (nSPS) is 19.0. The number of rotatable bonds is 7. The van der Waals surface area contributed by atoms with Crippen LogP contribution >= 0.6 is 0 Å². The van der Waals surface area contributed by atoms with Crippen molar-refractivity contribution in [3.05, 3.63) is 65.2 Å². The van der Waals surface area contributed by atoms with Gasteiger partial charge in [-0.05, 0) is 79.8 Å². The largest absolute Gasteiger partial charge is 0.461 e. The van der Waals surface area contributed by atoms with Crippen LogP contribution in [0.15, 0.2) is 48.5 Å². The van der Waals surface area contributed by atoms with Gasteiger partial charge in [-0.15, -0.1) is 0 Å². The molecule has 2 aromatic rings. The molecular weight excluding hydrogens is 404 g/mol. The van der Waals surface area contributed by atoms with Crippen LogP contribution in [0, 0.1) is 17.8 Å². The topological polar surface area (TPSA) is 9.23 Å². The van der Waals surface area contributed by atoms with Gasteiger partial charge < -0.3 is 4.74 Å². The Bertz CT molecular complexity index is 870. The predicted molar refractivity (Wildman–Crippen MR) is 115 cm³/mol. The Morgan fingerprint density at radius 2 is 1.61 bits per heavy atom. The Labute approximate surface area is 181 Å². The first kappa shape index (κ1) is 23.2. The maximum atomic E-state index is 12.9. The molecular formula is C26H28F4O. The minimum atomic E-state index is -4.50. The molecule has 1 saturated carbocycles. The third-order valence-corrected chi connectivity index (χ3v) is 5.78.